The Morgan fingerprint density at radius 1 is 0.923 bits per heavy atom. The third-order valence-electron chi connectivity index (χ3n) is 0. The molecule has 0 aliphatic carbocycles. The third-order valence-corrected chi connectivity index (χ3v) is 0. The van der Waals surface area contributed by atoms with Crippen molar-refractivity contribution >= 4 is 55.6 Å². The number of carbonyl (C=O) groups excluding carboxylic acids is 2. The Bertz CT molecular complexity index is 115. The third kappa shape index (κ3) is 10000. The molecular formula is C6H10CaO6. The van der Waals surface area contributed by atoms with Gasteiger partial charge in [-0.25, -0.2) is 0 Å². The Morgan fingerprint density at radius 3 is 0.923 bits per heavy atom. The Morgan fingerprint density at radius 2 is 0.923 bits per heavy atom. The van der Waals surface area contributed by atoms with Crippen LogP contribution in [0.3, 0.4) is 0 Å². The van der Waals surface area contributed by atoms with Crippen molar-refractivity contribution < 1.29 is 29.7 Å². The molecule has 0 bridgehead atoms. The smallest absolute Gasteiger partial charge is 0.550 e. The minimum Gasteiger partial charge on any atom is -0.550 e. The van der Waals surface area contributed by atoms with Crippen LogP contribution in [0.25, 0.3) is 0 Å². The van der Waals surface area contributed by atoms with E-state index in [1.54, 1.807) is 0 Å². The van der Waals surface area contributed by atoms with Gasteiger partial charge in [0.05, 0.1) is 0 Å². The fourth-order valence-electron chi connectivity index (χ4n) is 0. The van der Waals surface area contributed by atoms with Gasteiger partial charge in [0.15, 0.2) is 0 Å². The Balaban J connectivity index is -0.0000000450. The summed E-state index contributed by atoms with van der Waals surface area (Å²) in [5, 5.41) is 25.2. The van der Waals surface area contributed by atoms with Crippen molar-refractivity contribution in [3.63, 3.8) is 0 Å². The van der Waals surface area contributed by atoms with Crippen molar-refractivity contribution in [2.45, 2.75) is 20.8 Å². The van der Waals surface area contributed by atoms with Crippen molar-refractivity contribution in [3.05, 3.63) is 0 Å². The summed E-state index contributed by atoms with van der Waals surface area (Å²) in [7, 11) is 0. The molecule has 0 spiro atoms. The van der Waals surface area contributed by atoms with Gasteiger partial charge in [-0.3, -0.25) is 4.79 Å². The van der Waals surface area contributed by atoms with E-state index in [9.17, 15) is 0 Å². The molecule has 0 heterocycles. The van der Waals surface area contributed by atoms with Crippen LogP contribution in [0.15, 0.2) is 0 Å². The molecule has 0 saturated heterocycles. The van der Waals surface area contributed by atoms with Gasteiger partial charge >= 0.3 is 37.7 Å². The zero-order chi connectivity index (χ0) is 10.7. The van der Waals surface area contributed by atoms with E-state index in [-0.39, 0.29) is 37.7 Å². The van der Waals surface area contributed by atoms with Crippen LogP contribution >= 0.6 is 0 Å². The van der Waals surface area contributed by atoms with E-state index in [0.29, 0.717) is 0 Å². The van der Waals surface area contributed by atoms with Crippen molar-refractivity contribution in [2.75, 3.05) is 0 Å². The second-order valence-electron chi connectivity index (χ2n) is 1.50. The summed E-state index contributed by atoms with van der Waals surface area (Å²) in [6.07, 6.45) is 0. The number of aliphatic carboxylic acids is 3. The molecule has 1 N–H and O–H groups in total. The average molecular weight is 218 g/mol. The summed E-state index contributed by atoms with van der Waals surface area (Å²) in [6, 6.07) is 0. The number of hydrogen-bond acceptors (Lipinski definition) is 5. The number of carbonyl (C=O) groups is 3. The molecule has 0 aromatic rings. The van der Waals surface area contributed by atoms with Crippen LogP contribution in [0.2, 0.25) is 0 Å². The van der Waals surface area contributed by atoms with E-state index in [1.165, 1.54) is 0 Å². The van der Waals surface area contributed by atoms with E-state index in [4.69, 9.17) is 29.7 Å². The van der Waals surface area contributed by atoms with Crippen LogP contribution in [0.5, 0.6) is 0 Å². The summed E-state index contributed by atoms with van der Waals surface area (Å²) < 4.78 is 0. The normalized spacial score (nSPS) is 5.77. The molecule has 0 aromatic heterocycles. The molecular weight excluding hydrogens is 208 g/mol. The standard InChI is InChI=1S/3C2H4O2.Ca/c3*1-2(3)4;/h3*1H3,(H,3,4);/q;;;+2/p-2. The number of rotatable bonds is 0. The molecule has 0 aromatic carbocycles. The average Bonchev–Trinajstić information content (AvgIpc) is 1.54. The van der Waals surface area contributed by atoms with E-state index < -0.39 is 17.9 Å². The van der Waals surface area contributed by atoms with Gasteiger partial charge in [-0.2, -0.15) is 0 Å². The fraction of sp³-hybridized carbons (Fsp3) is 0.500. The van der Waals surface area contributed by atoms with Gasteiger partial charge in [-0.15, -0.1) is 0 Å². The van der Waals surface area contributed by atoms with E-state index in [1.807, 2.05) is 0 Å². The van der Waals surface area contributed by atoms with Crippen LogP contribution in [-0.2, 0) is 14.4 Å². The molecule has 0 atom stereocenters. The Kier molecular flexibility index (Phi) is 31.2. The second kappa shape index (κ2) is 17.7. The maximum absolute atomic E-state index is 9.00. The molecule has 6 nitrogen and oxygen atoms in total. The fourth-order valence-corrected chi connectivity index (χ4v) is 0. The van der Waals surface area contributed by atoms with Crippen LogP contribution < -0.4 is 10.2 Å². The van der Waals surface area contributed by atoms with Crippen LogP contribution in [0.1, 0.15) is 20.8 Å². The van der Waals surface area contributed by atoms with Gasteiger partial charge in [0.1, 0.15) is 0 Å². The Hall–Kier alpha value is -0.330. The van der Waals surface area contributed by atoms with Crippen molar-refractivity contribution in [1.82, 2.24) is 0 Å². The van der Waals surface area contributed by atoms with Gasteiger partial charge < -0.3 is 24.9 Å². The summed E-state index contributed by atoms with van der Waals surface area (Å²) >= 11 is 0. The zero-order valence-electron chi connectivity index (χ0n) is 7.70. The first-order chi connectivity index (χ1) is 5.20. The monoisotopic (exact) mass is 218 g/mol. The molecule has 0 aliphatic rings. The zero-order valence-corrected chi connectivity index (χ0v) is 9.90. The first-order valence-electron chi connectivity index (χ1n) is 2.74. The molecule has 0 unspecified atom stereocenters. The van der Waals surface area contributed by atoms with Crippen molar-refractivity contribution in [1.29, 1.82) is 0 Å². The van der Waals surface area contributed by atoms with E-state index in [2.05, 4.69) is 0 Å². The van der Waals surface area contributed by atoms with Crippen molar-refractivity contribution in [2.24, 2.45) is 0 Å². The minimum absolute atomic E-state index is 0. The maximum Gasteiger partial charge on any atom is 2.00 e. The molecule has 0 radical (unpaired) electrons. The molecule has 0 amide bonds. The second-order valence-corrected chi connectivity index (χ2v) is 1.50. The first kappa shape index (κ1) is 23.0. The van der Waals surface area contributed by atoms with Gasteiger partial charge in [-0.1, -0.05) is 0 Å². The molecule has 72 valence electrons. The number of hydrogen-bond donors (Lipinski definition) is 1. The molecule has 0 saturated carbocycles. The summed E-state index contributed by atoms with van der Waals surface area (Å²) in [6.45, 7) is 3.03. The molecule has 0 rings (SSSR count). The molecule has 0 fully saturated rings. The SMILES string of the molecule is CC(=O)O.CC(=O)[O-].CC(=O)[O-].[Ca+2]. The molecule has 13 heavy (non-hydrogen) atoms. The Labute approximate surface area is 106 Å². The minimum atomic E-state index is -1.08. The van der Waals surface area contributed by atoms with Crippen LogP contribution in [-0.4, -0.2) is 60.8 Å². The molecule has 0 aliphatic heterocycles. The first-order valence-corrected chi connectivity index (χ1v) is 2.74. The van der Waals surface area contributed by atoms with Gasteiger partial charge in [0.2, 0.25) is 0 Å². The molecule has 7 heteroatoms. The number of carboxylic acid groups (broad SMARTS) is 3. The van der Waals surface area contributed by atoms with Gasteiger partial charge in [-0.05, 0) is 13.8 Å². The predicted molar refractivity (Wildman–Crippen MR) is 40.4 cm³/mol. The van der Waals surface area contributed by atoms with Gasteiger partial charge in [0.25, 0.3) is 5.97 Å². The van der Waals surface area contributed by atoms with Crippen LogP contribution in [0, 0.1) is 0 Å². The van der Waals surface area contributed by atoms with Crippen LogP contribution in [0.4, 0.5) is 0 Å². The maximum atomic E-state index is 9.00. The topological polar surface area (TPSA) is 118 Å². The van der Waals surface area contributed by atoms with E-state index in [0.717, 1.165) is 20.8 Å². The van der Waals surface area contributed by atoms with Gasteiger partial charge in [0, 0.05) is 18.9 Å². The summed E-state index contributed by atoms with van der Waals surface area (Å²) in [4.78, 5) is 26.8. The predicted octanol–water partition coefficient (Wildman–Crippen LogP) is -2.78. The quantitative estimate of drug-likeness (QED) is 0.439. The number of carboxylic acids is 3. The van der Waals surface area contributed by atoms with Crippen molar-refractivity contribution in [3.8, 4) is 0 Å². The van der Waals surface area contributed by atoms with E-state index >= 15 is 0 Å². The largest absolute Gasteiger partial charge is 2.00 e. The summed E-state index contributed by atoms with van der Waals surface area (Å²) in [5.41, 5.74) is 0. The summed E-state index contributed by atoms with van der Waals surface area (Å²) in [5.74, 6) is -3.00.